The molecule has 1 saturated carbocycles. The maximum absolute atomic E-state index is 12.3. The van der Waals surface area contributed by atoms with Crippen LogP contribution in [0.15, 0.2) is 0 Å². The molecular formula is C11H15F3N2O4. The van der Waals surface area contributed by atoms with Crippen molar-refractivity contribution >= 4 is 17.9 Å². The van der Waals surface area contributed by atoms with E-state index in [9.17, 15) is 27.6 Å². The molecule has 0 unspecified atom stereocenters. The summed E-state index contributed by atoms with van der Waals surface area (Å²) in [6.07, 6.45) is -3.99. The fourth-order valence-corrected chi connectivity index (χ4v) is 1.60. The van der Waals surface area contributed by atoms with Crippen LogP contribution in [-0.2, 0) is 9.59 Å². The summed E-state index contributed by atoms with van der Waals surface area (Å²) in [7, 11) is 0. The minimum absolute atomic E-state index is 0.0249. The number of rotatable bonds is 6. The highest BCUT2D eigenvalue weighted by molar-refractivity contribution is 5.94. The number of aliphatic carboxylic acids is 1. The Morgan fingerprint density at radius 1 is 1.20 bits per heavy atom. The van der Waals surface area contributed by atoms with Crippen molar-refractivity contribution < 1.29 is 32.7 Å². The summed E-state index contributed by atoms with van der Waals surface area (Å²) in [5.41, 5.74) is 0. The highest BCUT2D eigenvalue weighted by atomic mass is 19.4. The van der Waals surface area contributed by atoms with Crippen LogP contribution in [0.25, 0.3) is 0 Å². The van der Waals surface area contributed by atoms with Crippen LogP contribution in [0.4, 0.5) is 18.0 Å². The number of carbonyl (C=O) groups excluding carboxylic acids is 2. The van der Waals surface area contributed by atoms with Crippen LogP contribution in [-0.4, -0.2) is 46.7 Å². The molecule has 0 aromatic heterocycles. The van der Waals surface area contributed by atoms with Crippen molar-refractivity contribution in [3.63, 3.8) is 0 Å². The zero-order valence-corrected chi connectivity index (χ0v) is 10.6. The Balaban J connectivity index is 2.41. The van der Waals surface area contributed by atoms with Gasteiger partial charge in [0.1, 0.15) is 6.54 Å². The molecule has 2 N–H and O–H groups in total. The molecule has 0 aromatic rings. The Morgan fingerprint density at radius 2 is 1.80 bits per heavy atom. The molecule has 0 saturated heterocycles. The molecule has 0 spiro atoms. The van der Waals surface area contributed by atoms with Gasteiger partial charge in [0.25, 0.3) is 0 Å². The van der Waals surface area contributed by atoms with Crippen molar-refractivity contribution in [2.75, 3.05) is 6.54 Å². The number of urea groups is 1. The molecule has 6 nitrogen and oxygen atoms in total. The topological polar surface area (TPSA) is 86.7 Å². The van der Waals surface area contributed by atoms with E-state index in [4.69, 9.17) is 5.11 Å². The lowest BCUT2D eigenvalue weighted by molar-refractivity contribution is -0.142. The largest absolute Gasteiger partial charge is 0.481 e. The second-order valence-electron chi connectivity index (χ2n) is 4.57. The third-order valence-electron chi connectivity index (χ3n) is 2.64. The summed E-state index contributed by atoms with van der Waals surface area (Å²) in [6, 6.07) is -1.56. The lowest BCUT2D eigenvalue weighted by Gasteiger charge is -2.23. The fourth-order valence-electron chi connectivity index (χ4n) is 1.60. The van der Waals surface area contributed by atoms with Gasteiger partial charge in [-0.25, -0.2) is 4.79 Å². The number of imide groups is 1. The van der Waals surface area contributed by atoms with E-state index < -0.39 is 36.7 Å². The summed E-state index contributed by atoms with van der Waals surface area (Å²) in [6.45, 7) is -1.40. The quantitative estimate of drug-likeness (QED) is 0.777. The molecule has 1 aliphatic rings. The van der Waals surface area contributed by atoms with Gasteiger partial charge >= 0.3 is 18.2 Å². The van der Waals surface area contributed by atoms with Crippen molar-refractivity contribution in [3.05, 3.63) is 0 Å². The van der Waals surface area contributed by atoms with Crippen molar-refractivity contribution in [2.45, 2.75) is 44.3 Å². The summed E-state index contributed by atoms with van der Waals surface area (Å²) in [5.74, 6) is -1.86. The summed E-state index contributed by atoms with van der Waals surface area (Å²) in [4.78, 5) is 33.7. The first-order valence-electron chi connectivity index (χ1n) is 6.08. The number of amides is 3. The Bertz CT molecular complexity index is 394. The van der Waals surface area contributed by atoms with E-state index in [1.54, 1.807) is 0 Å². The average molecular weight is 296 g/mol. The first-order valence-corrected chi connectivity index (χ1v) is 6.08. The molecule has 3 amide bonds. The number of carboxylic acids is 1. The summed E-state index contributed by atoms with van der Waals surface area (Å²) >= 11 is 0. The van der Waals surface area contributed by atoms with Gasteiger partial charge in [-0.15, -0.1) is 0 Å². The maximum atomic E-state index is 12.3. The predicted octanol–water partition coefficient (Wildman–Crippen LogP) is 1.50. The van der Waals surface area contributed by atoms with Gasteiger partial charge < -0.3 is 10.0 Å². The van der Waals surface area contributed by atoms with E-state index in [2.05, 4.69) is 0 Å². The number of alkyl halides is 3. The van der Waals surface area contributed by atoms with Gasteiger partial charge in [-0.05, 0) is 19.3 Å². The highest BCUT2D eigenvalue weighted by Gasteiger charge is 2.40. The van der Waals surface area contributed by atoms with E-state index >= 15 is 0 Å². The van der Waals surface area contributed by atoms with E-state index in [1.807, 2.05) is 5.32 Å². The lowest BCUT2D eigenvalue weighted by Crippen LogP contribution is -2.47. The molecule has 1 rings (SSSR count). The van der Waals surface area contributed by atoms with Crippen LogP contribution in [0.5, 0.6) is 0 Å². The summed E-state index contributed by atoms with van der Waals surface area (Å²) in [5, 5.41) is 10.2. The van der Waals surface area contributed by atoms with Gasteiger partial charge in [0.15, 0.2) is 0 Å². The molecule has 1 aliphatic carbocycles. The number of nitrogens with zero attached hydrogens (tertiary/aromatic N) is 1. The smallest absolute Gasteiger partial charge is 0.406 e. The Morgan fingerprint density at radius 3 is 2.25 bits per heavy atom. The van der Waals surface area contributed by atoms with Crippen LogP contribution in [0.1, 0.15) is 32.1 Å². The van der Waals surface area contributed by atoms with Gasteiger partial charge in [0.05, 0.1) is 0 Å². The number of hydrogen-bond donors (Lipinski definition) is 2. The highest BCUT2D eigenvalue weighted by Crippen LogP contribution is 2.30. The van der Waals surface area contributed by atoms with Crippen LogP contribution in [0, 0.1) is 0 Å². The number of halogens is 3. The second-order valence-corrected chi connectivity index (χ2v) is 4.57. The second kappa shape index (κ2) is 6.58. The average Bonchev–Trinajstić information content (AvgIpc) is 3.07. The van der Waals surface area contributed by atoms with Crippen molar-refractivity contribution in [1.29, 1.82) is 0 Å². The molecule has 1 fully saturated rings. The van der Waals surface area contributed by atoms with Crippen LogP contribution in [0.3, 0.4) is 0 Å². The molecule has 0 aliphatic heterocycles. The van der Waals surface area contributed by atoms with Crippen molar-refractivity contribution in [3.8, 4) is 0 Å². The van der Waals surface area contributed by atoms with Crippen molar-refractivity contribution in [2.24, 2.45) is 0 Å². The van der Waals surface area contributed by atoms with Crippen LogP contribution >= 0.6 is 0 Å². The minimum atomic E-state index is -4.52. The SMILES string of the molecule is O=C(O)CCCC(=O)NC(=O)N(CC(F)(F)F)C1CC1. The number of carbonyl (C=O) groups is 3. The molecule has 0 bridgehead atoms. The Labute approximate surface area is 112 Å². The molecular weight excluding hydrogens is 281 g/mol. The minimum Gasteiger partial charge on any atom is -0.481 e. The Hall–Kier alpha value is -1.80. The molecule has 9 heteroatoms. The van der Waals surface area contributed by atoms with E-state index in [-0.39, 0.29) is 19.3 Å². The van der Waals surface area contributed by atoms with Gasteiger partial charge in [-0.3, -0.25) is 14.9 Å². The molecule has 0 aromatic carbocycles. The molecule has 0 heterocycles. The van der Waals surface area contributed by atoms with Crippen LogP contribution in [0.2, 0.25) is 0 Å². The van der Waals surface area contributed by atoms with Gasteiger partial charge in [-0.2, -0.15) is 13.2 Å². The zero-order chi connectivity index (χ0) is 15.3. The van der Waals surface area contributed by atoms with Gasteiger partial charge in [-0.1, -0.05) is 0 Å². The van der Waals surface area contributed by atoms with Crippen LogP contribution < -0.4 is 5.32 Å². The van der Waals surface area contributed by atoms with Crippen molar-refractivity contribution in [1.82, 2.24) is 10.2 Å². The van der Waals surface area contributed by atoms with E-state index in [0.717, 1.165) is 0 Å². The Kier molecular flexibility index (Phi) is 5.34. The van der Waals surface area contributed by atoms with E-state index in [0.29, 0.717) is 17.7 Å². The monoisotopic (exact) mass is 296 g/mol. The standard InChI is InChI=1S/C11H15F3N2O4/c12-11(13,14)6-16(7-4-5-7)10(20)15-8(17)2-1-3-9(18)19/h7H,1-6H2,(H,18,19)(H,15,17,20). The maximum Gasteiger partial charge on any atom is 0.406 e. The zero-order valence-electron chi connectivity index (χ0n) is 10.6. The normalized spacial score (nSPS) is 14.8. The first-order chi connectivity index (χ1) is 9.19. The first kappa shape index (κ1) is 16.3. The third-order valence-corrected chi connectivity index (χ3v) is 2.64. The van der Waals surface area contributed by atoms with Gasteiger partial charge in [0, 0.05) is 18.9 Å². The van der Waals surface area contributed by atoms with Gasteiger partial charge in [0.2, 0.25) is 5.91 Å². The number of hydrogen-bond acceptors (Lipinski definition) is 3. The predicted molar refractivity (Wildman–Crippen MR) is 60.8 cm³/mol. The molecule has 114 valence electrons. The third kappa shape index (κ3) is 6.39. The molecule has 20 heavy (non-hydrogen) atoms. The summed E-state index contributed by atoms with van der Waals surface area (Å²) < 4.78 is 36.9. The lowest BCUT2D eigenvalue weighted by atomic mass is 10.2. The molecule has 0 radical (unpaired) electrons. The number of nitrogens with one attached hydrogen (secondary N) is 1. The number of carboxylic acid groups (broad SMARTS) is 1. The fraction of sp³-hybridized carbons (Fsp3) is 0.727. The van der Waals surface area contributed by atoms with E-state index in [1.165, 1.54) is 0 Å². The molecule has 0 atom stereocenters.